The number of hydrogen-bond acceptors (Lipinski definition) is 2. The maximum atomic E-state index is 2.70. The fourth-order valence-electron chi connectivity index (χ4n) is 4.54. The van der Waals surface area contributed by atoms with Crippen molar-refractivity contribution in [2.45, 2.75) is 24.7 Å². The SMILES string of the molecule is CN1CCN(CC2CC3CC2c2ccccc23)CC1. The molecule has 3 atom stereocenters. The monoisotopic (exact) mass is 256 g/mol. The molecular weight excluding hydrogens is 232 g/mol. The van der Waals surface area contributed by atoms with Gasteiger partial charge in [0.1, 0.15) is 0 Å². The van der Waals surface area contributed by atoms with Crippen LogP contribution < -0.4 is 0 Å². The normalized spacial score (nSPS) is 34.7. The molecule has 1 aromatic carbocycles. The topological polar surface area (TPSA) is 6.48 Å². The third-order valence-electron chi connectivity index (χ3n) is 5.62. The lowest BCUT2D eigenvalue weighted by Gasteiger charge is -2.36. The summed E-state index contributed by atoms with van der Waals surface area (Å²) in [6.07, 6.45) is 2.87. The van der Waals surface area contributed by atoms with E-state index in [1.54, 1.807) is 11.1 Å². The third-order valence-corrected chi connectivity index (χ3v) is 5.62. The zero-order valence-electron chi connectivity index (χ0n) is 11.9. The Morgan fingerprint density at radius 1 is 1.00 bits per heavy atom. The van der Waals surface area contributed by atoms with Crippen molar-refractivity contribution in [1.82, 2.24) is 9.80 Å². The lowest BCUT2D eigenvalue weighted by Crippen LogP contribution is -2.46. The summed E-state index contributed by atoms with van der Waals surface area (Å²) in [4.78, 5) is 5.15. The maximum absolute atomic E-state index is 2.70. The molecule has 1 saturated carbocycles. The minimum Gasteiger partial charge on any atom is -0.304 e. The lowest BCUT2D eigenvalue weighted by molar-refractivity contribution is 0.132. The van der Waals surface area contributed by atoms with Crippen LogP contribution in [0.4, 0.5) is 0 Å². The second-order valence-corrected chi connectivity index (χ2v) is 6.77. The van der Waals surface area contributed by atoms with Crippen molar-refractivity contribution >= 4 is 0 Å². The number of hydrogen-bond donors (Lipinski definition) is 0. The van der Waals surface area contributed by atoms with Gasteiger partial charge < -0.3 is 9.80 Å². The molecule has 0 spiro atoms. The summed E-state index contributed by atoms with van der Waals surface area (Å²) >= 11 is 0. The number of fused-ring (bicyclic) bond motifs is 5. The van der Waals surface area contributed by atoms with E-state index in [1.165, 1.54) is 45.6 Å². The van der Waals surface area contributed by atoms with E-state index in [9.17, 15) is 0 Å². The zero-order chi connectivity index (χ0) is 12.8. The zero-order valence-corrected chi connectivity index (χ0v) is 11.9. The van der Waals surface area contributed by atoms with Crippen LogP contribution in [0.1, 0.15) is 35.8 Å². The summed E-state index contributed by atoms with van der Waals surface area (Å²) in [7, 11) is 2.24. The van der Waals surface area contributed by atoms with Crippen LogP contribution in [-0.4, -0.2) is 49.6 Å². The molecule has 2 aliphatic carbocycles. The first-order valence-electron chi connectivity index (χ1n) is 7.81. The van der Waals surface area contributed by atoms with Crippen LogP contribution in [0.2, 0.25) is 0 Å². The van der Waals surface area contributed by atoms with Gasteiger partial charge in [-0.15, -0.1) is 0 Å². The lowest BCUT2D eigenvalue weighted by atomic mass is 9.83. The molecule has 3 aliphatic rings. The Balaban J connectivity index is 1.45. The first kappa shape index (κ1) is 11.9. The molecule has 2 nitrogen and oxygen atoms in total. The van der Waals surface area contributed by atoms with Crippen LogP contribution >= 0.6 is 0 Å². The van der Waals surface area contributed by atoms with Crippen LogP contribution in [0.5, 0.6) is 0 Å². The fraction of sp³-hybridized carbons (Fsp3) is 0.647. The molecule has 2 bridgehead atoms. The summed E-state index contributed by atoms with van der Waals surface area (Å²) in [6, 6.07) is 9.20. The Hall–Kier alpha value is -0.860. The quantitative estimate of drug-likeness (QED) is 0.802. The van der Waals surface area contributed by atoms with E-state index in [-0.39, 0.29) is 0 Å². The number of nitrogens with zero attached hydrogens (tertiary/aromatic N) is 2. The summed E-state index contributed by atoms with van der Waals surface area (Å²) in [6.45, 7) is 6.37. The smallest absolute Gasteiger partial charge is 0.0110 e. The standard InChI is InChI=1S/C17H24N2/c1-18-6-8-19(9-7-18)12-14-10-13-11-17(14)16-5-3-2-4-15(13)16/h2-5,13-14,17H,6-12H2,1H3. The molecule has 0 aromatic heterocycles. The van der Waals surface area contributed by atoms with E-state index in [0.717, 1.165) is 17.8 Å². The van der Waals surface area contributed by atoms with Crippen molar-refractivity contribution in [2.75, 3.05) is 39.8 Å². The summed E-state index contributed by atoms with van der Waals surface area (Å²) in [5, 5.41) is 0. The van der Waals surface area contributed by atoms with Crippen LogP contribution in [0.3, 0.4) is 0 Å². The third kappa shape index (κ3) is 2.02. The minimum absolute atomic E-state index is 0.862. The van der Waals surface area contributed by atoms with Crippen molar-refractivity contribution in [3.8, 4) is 0 Å². The molecule has 3 unspecified atom stereocenters. The predicted molar refractivity (Wildman–Crippen MR) is 78.6 cm³/mol. The molecule has 4 rings (SSSR count). The molecule has 1 saturated heterocycles. The van der Waals surface area contributed by atoms with Crippen LogP contribution in [0.15, 0.2) is 24.3 Å². The highest BCUT2D eigenvalue weighted by molar-refractivity contribution is 5.42. The Morgan fingerprint density at radius 2 is 1.74 bits per heavy atom. The highest BCUT2D eigenvalue weighted by Crippen LogP contribution is 2.56. The Morgan fingerprint density at radius 3 is 2.53 bits per heavy atom. The van der Waals surface area contributed by atoms with Crippen molar-refractivity contribution in [1.29, 1.82) is 0 Å². The van der Waals surface area contributed by atoms with Gasteiger partial charge in [-0.05, 0) is 48.8 Å². The molecule has 0 N–H and O–H groups in total. The van der Waals surface area contributed by atoms with Gasteiger partial charge in [0.25, 0.3) is 0 Å². The highest BCUT2D eigenvalue weighted by Gasteiger charge is 2.43. The van der Waals surface area contributed by atoms with Gasteiger partial charge in [0.15, 0.2) is 0 Å². The molecule has 0 amide bonds. The van der Waals surface area contributed by atoms with Crippen molar-refractivity contribution in [2.24, 2.45) is 5.92 Å². The fourth-order valence-corrected chi connectivity index (χ4v) is 4.54. The van der Waals surface area contributed by atoms with Crippen LogP contribution in [0, 0.1) is 5.92 Å². The van der Waals surface area contributed by atoms with Crippen molar-refractivity contribution in [3.05, 3.63) is 35.4 Å². The molecule has 1 aromatic rings. The second-order valence-electron chi connectivity index (χ2n) is 6.77. The summed E-state index contributed by atoms with van der Waals surface area (Å²) in [5.41, 5.74) is 3.35. The van der Waals surface area contributed by atoms with E-state index < -0.39 is 0 Å². The van der Waals surface area contributed by atoms with Crippen LogP contribution in [0.25, 0.3) is 0 Å². The first-order chi connectivity index (χ1) is 9.31. The van der Waals surface area contributed by atoms with Crippen molar-refractivity contribution in [3.63, 3.8) is 0 Å². The minimum atomic E-state index is 0.862. The molecule has 1 aliphatic heterocycles. The average molecular weight is 256 g/mol. The molecule has 0 radical (unpaired) electrons. The average Bonchev–Trinajstić information content (AvgIpc) is 3.00. The van der Waals surface area contributed by atoms with Gasteiger partial charge in [0.05, 0.1) is 0 Å². The van der Waals surface area contributed by atoms with E-state index in [4.69, 9.17) is 0 Å². The second kappa shape index (κ2) is 4.60. The molecule has 2 heteroatoms. The molecule has 19 heavy (non-hydrogen) atoms. The van der Waals surface area contributed by atoms with Gasteiger partial charge in [0.2, 0.25) is 0 Å². The van der Waals surface area contributed by atoms with Gasteiger partial charge >= 0.3 is 0 Å². The highest BCUT2D eigenvalue weighted by atomic mass is 15.2. The van der Waals surface area contributed by atoms with E-state index in [1.807, 2.05) is 0 Å². The van der Waals surface area contributed by atoms with Gasteiger partial charge in [-0.25, -0.2) is 0 Å². The number of likely N-dealkylation sites (N-methyl/N-ethyl adjacent to an activating group) is 1. The Labute approximate surface area is 116 Å². The molecule has 2 fully saturated rings. The van der Waals surface area contributed by atoms with E-state index in [2.05, 4.69) is 41.1 Å². The molecular formula is C17H24N2. The van der Waals surface area contributed by atoms with Crippen molar-refractivity contribution < 1.29 is 0 Å². The maximum Gasteiger partial charge on any atom is 0.0110 e. The number of rotatable bonds is 2. The predicted octanol–water partition coefficient (Wildman–Crippen LogP) is 2.52. The van der Waals surface area contributed by atoms with Gasteiger partial charge in [-0.3, -0.25) is 0 Å². The summed E-state index contributed by atoms with van der Waals surface area (Å²) < 4.78 is 0. The van der Waals surface area contributed by atoms with Gasteiger partial charge in [-0.1, -0.05) is 24.3 Å². The van der Waals surface area contributed by atoms with Crippen LogP contribution in [-0.2, 0) is 0 Å². The van der Waals surface area contributed by atoms with Gasteiger partial charge in [0, 0.05) is 32.7 Å². The number of piperazine rings is 1. The Kier molecular flexibility index (Phi) is 2.89. The first-order valence-corrected chi connectivity index (χ1v) is 7.81. The molecule has 1 heterocycles. The summed E-state index contributed by atoms with van der Waals surface area (Å²) in [5.74, 6) is 2.66. The van der Waals surface area contributed by atoms with Gasteiger partial charge in [-0.2, -0.15) is 0 Å². The largest absolute Gasteiger partial charge is 0.304 e. The number of benzene rings is 1. The van der Waals surface area contributed by atoms with E-state index >= 15 is 0 Å². The molecule has 102 valence electrons. The Bertz CT molecular complexity index is 462. The van der Waals surface area contributed by atoms with E-state index in [0.29, 0.717) is 0 Å².